The monoisotopic (exact) mass is 210 g/mol. The molecule has 1 rings (SSSR count). The summed E-state index contributed by atoms with van der Waals surface area (Å²) in [6, 6.07) is 0.670. The molecule has 0 radical (unpaired) electrons. The Morgan fingerprint density at radius 2 is 2.00 bits per heavy atom. The van der Waals surface area contributed by atoms with Crippen molar-refractivity contribution in [1.82, 2.24) is 20.3 Å². The van der Waals surface area contributed by atoms with E-state index in [4.69, 9.17) is 0 Å². The van der Waals surface area contributed by atoms with Gasteiger partial charge in [0, 0.05) is 18.8 Å². The van der Waals surface area contributed by atoms with Crippen LogP contribution in [0, 0.1) is 0 Å². The summed E-state index contributed by atoms with van der Waals surface area (Å²) in [7, 11) is 0. The number of hydrogen-bond acceptors (Lipinski definition) is 3. The minimum atomic E-state index is 0.670. The zero-order valence-electron chi connectivity index (χ0n) is 9.82. The quantitative estimate of drug-likeness (QED) is 0.712. The lowest BCUT2D eigenvalue weighted by Gasteiger charge is -2.16. The molecule has 0 aliphatic carbocycles. The van der Waals surface area contributed by atoms with Gasteiger partial charge in [0.1, 0.15) is 0 Å². The Morgan fingerprint density at radius 1 is 1.27 bits per heavy atom. The van der Waals surface area contributed by atoms with Crippen LogP contribution in [0.3, 0.4) is 0 Å². The summed E-state index contributed by atoms with van der Waals surface area (Å²) >= 11 is 0. The Hall–Kier alpha value is -0.900. The van der Waals surface area contributed by atoms with Gasteiger partial charge in [0.2, 0.25) is 0 Å². The van der Waals surface area contributed by atoms with Crippen LogP contribution in [0.25, 0.3) is 0 Å². The molecule has 0 aliphatic heterocycles. The van der Waals surface area contributed by atoms with E-state index in [2.05, 4.69) is 29.5 Å². The summed E-state index contributed by atoms with van der Waals surface area (Å²) in [5, 5.41) is 11.3. The molecule has 0 saturated carbocycles. The van der Waals surface area contributed by atoms with Crippen LogP contribution in [0.5, 0.6) is 0 Å². The van der Waals surface area contributed by atoms with E-state index in [1.54, 1.807) is 6.20 Å². The fourth-order valence-corrected chi connectivity index (χ4v) is 1.78. The van der Waals surface area contributed by atoms with Gasteiger partial charge in [0.25, 0.3) is 0 Å². The first-order chi connectivity index (χ1) is 7.36. The maximum atomic E-state index is 3.93. The molecular weight excluding hydrogens is 188 g/mol. The van der Waals surface area contributed by atoms with Crippen LogP contribution >= 0.6 is 0 Å². The van der Waals surface area contributed by atoms with E-state index in [-0.39, 0.29) is 0 Å². The second-order valence-electron chi connectivity index (χ2n) is 3.89. The minimum absolute atomic E-state index is 0.670. The molecular formula is C11H22N4. The second kappa shape index (κ2) is 7.40. The molecule has 0 amide bonds. The largest absolute Gasteiger partial charge is 0.312 e. The first-order valence-corrected chi connectivity index (χ1v) is 5.94. The second-order valence-corrected chi connectivity index (χ2v) is 3.89. The summed E-state index contributed by atoms with van der Waals surface area (Å²) in [6.07, 6.45) is 8.66. The summed E-state index contributed by atoms with van der Waals surface area (Å²) < 4.78 is 1.86. The van der Waals surface area contributed by atoms with Crippen molar-refractivity contribution in [2.75, 3.05) is 6.54 Å². The highest BCUT2D eigenvalue weighted by Gasteiger charge is 2.04. The van der Waals surface area contributed by atoms with Crippen molar-refractivity contribution in [2.24, 2.45) is 0 Å². The smallest absolute Gasteiger partial charge is 0.0692 e. The molecule has 1 aromatic heterocycles. The van der Waals surface area contributed by atoms with E-state index in [0.717, 1.165) is 13.1 Å². The molecule has 0 spiro atoms. The van der Waals surface area contributed by atoms with Gasteiger partial charge in [0.15, 0.2) is 0 Å². The van der Waals surface area contributed by atoms with E-state index in [1.165, 1.54) is 25.7 Å². The van der Waals surface area contributed by atoms with Crippen LogP contribution in [0.15, 0.2) is 12.4 Å². The molecule has 0 bridgehead atoms. The molecule has 15 heavy (non-hydrogen) atoms. The van der Waals surface area contributed by atoms with Crippen molar-refractivity contribution in [3.8, 4) is 0 Å². The average Bonchev–Trinajstić information content (AvgIpc) is 2.71. The van der Waals surface area contributed by atoms with Crippen LogP contribution in [-0.4, -0.2) is 27.6 Å². The van der Waals surface area contributed by atoms with Crippen LogP contribution < -0.4 is 5.32 Å². The third kappa shape index (κ3) is 4.93. The highest BCUT2D eigenvalue weighted by Crippen LogP contribution is 2.03. The fourth-order valence-electron chi connectivity index (χ4n) is 1.78. The number of nitrogens with zero attached hydrogens (tertiary/aromatic N) is 3. The Kier molecular flexibility index (Phi) is 6.00. The molecule has 86 valence electrons. The number of nitrogens with one attached hydrogen (secondary N) is 1. The van der Waals surface area contributed by atoms with Gasteiger partial charge in [-0.1, -0.05) is 31.9 Å². The van der Waals surface area contributed by atoms with Crippen molar-refractivity contribution in [3.05, 3.63) is 12.4 Å². The topological polar surface area (TPSA) is 42.7 Å². The lowest BCUT2D eigenvalue weighted by Crippen LogP contribution is -2.31. The molecule has 1 N–H and O–H groups in total. The van der Waals surface area contributed by atoms with Gasteiger partial charge in [-0.15, -0.1) is 5.10 Å². The molecule has 4 heteroatoms. The van der Waals surface area contributed by atoms with Crippen molar-refractivity contribution in [2.45, 2.75) is 52.1 Å². The van der Waals surface area contributed by atoms with Gasteiger partial charge in [-0.2, -0.15) is 0 Å². The highest BCUT2D eigenvalue weighted by molar-refractivity contribution is 4.68. The third-order valence-corrected chi connectivity index (χ3v) is 2.52. The van der Waals surface area contributed by atoms with E-state index < -0.39 is 0 Å². The van der Waals surface area contributed by atoms with E-state index in [1.807, 2.05) is 10.9 Å². The zero-order valence-corrected chi connectivity index (χ0v) is 9.82. The summed E-state index contributed by atoms with van der Waals surface area (Å²) in [6.45, 7) is 6.36. The summed E-state index contributed by atoms with van der Waals surface area (Å²) in [5.41, 5.74) is 0. The Labute approximate surface area is 92.1 Å². The maximum absolute atomic E-state index is 3.93. The number of aromatic nitrogens is 3. The predicted molar refractivity (Wildman–Crippen MR) is 61.6 cm³/mol. The lowest BCUT2D eigenvalue weighted by atomic mass is 10.1. The van der Waals surface area contributed by atoms with Gasteiger partial charge >= 0.3 is 0 Å². The van der Waals surface area contributed by atoms with Crippen molar-refractivity contribution >= 4 is 0 Å². The van der Waals surface area contributed by atoms with Gasteiger partial charge in [-0.25, -0.2) is 0 Å². The molecule has 0 fully saturated rings. The number of rotatable bonds is 8. The molecule has 4 nitrogen and oxygen atoms in total. The minimum Gasteiger partial charge on any atom is -0.312 e. The molecule has 0 atom stereocenters. The summed E-state index contributed by atoms with van der Waals surface area (Å²) in [4.78, 5) is 0. The van der Waals surface area contributed by atoms with Crippen LogP contribution in [0.2, 0.25) is 0 Å². The van der Waals surface area contributed by atoms with Crippen LogP contribution in [0.1, 0.15) is 39.5 Å². The third-order valence-electron chi connectivity index (χ3n) is 2.52. The first kappa shape index (κ1) is 12.2. The standard InChI is InChI=1S/C11H22N4/c1-3-5-11(6-4-2)12-7-9-15-10-8-13-14-15/h8,10-12H,3-7,9H2,1-2H3. The fraction of sp³-hybridized carbons (Fsp3) is 0.818. The Morgan fingerprint density at radius 3 is 2.53 bits per heavy atom. The summed E-state index contributed by atoms with van der Waals surface area (Å²) in [5.74, 6) is 0. The van der Waals surface area contributed by atoms with E-state index in [0.29, 0.717) is 6.04 Å². The predicted octanol–water partition coefficient (Wildman–Crippen LogP) is 1.84. The molecule has 0 saturated heterocycles. The van der Waals surface area contributed by atoms with Crippen LogP contribution in [0.4, 0.5) is 0 Å². The normalized spacial score (nSPS) is 11.1. The van der Waals surface area contributed by atoms with Gasteiger partial charge < -0.3 is 5.32 Å². The maximum Gasteiger partial charge on any atom is 0.0692 e. The molecule has 0 unspecified atom stereocenters. The van der Waals surface area contributed by atoms with Crippen LogP contribution in [-0.2, 0) is 6.54 Å². The van der Waals surface area contributed by atoms with E-state index >= 15 is 0 Å². The van der Waals surface area contributed by atoms with E-state index in [9.17, 15) is 0 Å². The molecule has 1 heterocycles. The highest BCUT2D eigenvalue weighted by atomic mass is 15.4. The SMILES string of the molecule is CCCC(CCC)NCCn1ccnn1. The Bertz CT molecular complexity index is 227. The van der Waals surface area contributed by atoms with Crippen molar-refractivity contribution in [3.63, 3.8) is 0 Å². The lowest BCUT2D eigenvalue weighted by molar-refractivity contribution is 0.422. The van der Waals surface area contributed by atoms with Gasteiger partial charge in [-0.3, -0.25) is 4.68 Å². The molecule has 0 aromatic carbocycles. The number of hydrogen-bond donors (Lipinski definition) is 1. The zero-order chi connectivity index (χ0) is 10.9. The molecule has 1 aromatic rings. The molecule has 0 aliphatic rings. The van der Waals surface area contributed by atoms with Gasteiger partial charge in [0.05, 0.1) is 12.7 Å². The van der Waals surface area contributed by atoms with Crippen molar-refractivity contribution in [1.29, 1.82) is 0 Å². The Balaban J connectivity index is 2.15. The van der Waals surface area contributed by atoms with Crippen molar-refractivity contribution < 1.29 is 0 Å². The first-order valence-electron chi connectivity index (χ1n) is 5.94. The average molecular weight is 210 g/mol. The van der Waals surface area contributed by atoms with Gasteiger partial charge in [-0.05, 0) is 12.8 Å².